The fraction of sp³-hybridized carbons (Fsp3) is 0.435. The Morgan fingerprint density at radius 2 is 1.94 bits per heavy atom. The molecule has 2 aliphatic rings. The van der Waals surface area contributed by atoms with Crippen molar-refractivity contribution >= 4 is 39.2 Å². The maximum atomic E-state index is 12.9. The summed E-state index contributed by atoms with van der Waals surface area (Å²) in [6, 6.07) is 8.27. The average Bonchev–Trinajstić information content (AvgIpc) is 3.44. The van der Waals surface area contributed by atoms with E-state index in [1.54, 1.807) is 11.3 Å². The van der Waals surface area contributed by atoms with E-state index in [0.717, 1.165) is 71.7 Å². The smallest absolute Gasteiger partial charge is 0.233 e. The van der Waals surface area contributed by atoms with Gasteiger partial charge in [0.25, 0.3) is 0 Å². The summed E-state index contributed by atoms with van der Waals surface area (Å²) in [6.45, 7) is 8.44. The molecular weight excluding hydrogens is 444 g/mol. The molecular formula is C23H26N4O3S2. The van der Waals surface area contributed by atoms with Crippen molar-refractivity contribution in [1.29, 1.82) is 0 Å². The molecule has 0 unspecified atom stereocenters. The van der Waals surface area contributed by atoms with Gasteiger partial charge in [0.05, 0.1) is 5.75 Å². The second-order valence-corrected chi connectivity index (χ2v) is 10.1. The van der Waals surface area contributed by atoms with Gasteiger partial charge in [-0.05, 0) is 37.1 Å². The zero-order valence-electron chi connectivity index (χ0n) is 18.3. The predicted octanol–water partition coefficient (Wildman–Crippen LogP) is 3.73. The molecule has 4 heterocycles. The van der Waals surface area contributed by atoms with Crippen molar-refractivity contribution < 1.29 is 14.3 Å². The molecule has 0 atom stereocenters. The van der Waals surface area contributed by atoms with Crippen LogP contribution < -0.4 is 9.47 Å². The highest BCUT2D eigenvalue weighted by atomic mass is 32.2. The average molecular weight is 471 g/mol. The second-order valence-electron chi connectivity index (χ2n) is 7.99. The predicted molar refractivity (Wildman–Crippen MR) is 127 cm³/mol. The zero-order valence-corrected chi connectivity index (χ0v) is 19.9. The number of hydrogen-bond acceptors (Lipinski definition) is 8. The van der Waals surface area contributed by atoms with Gasteiger partial charge in [0, 0.05) is 43.0 Å². The fourth-order valence-electron chi connectivity index (χ4n) is 4.01. The molecule has 0 saturated carbocycles. The van der Waals surface area contributed by atoms with Gasteiger partial charge in [-0.15, -0.1) is 11.3 Å². The highest BCUT2D eigenvalue weighted by Crippen LogP contribution is 2.33. The highest BCUT2D eigenvalue weighted by Gasteiger charge is 2.23. The van der Waals surface area contributed by atoms with E-state index in [-0.39, 0.29) is 5.91 Å². The first-order chi connectivity index (χ1) is 15.6. The summed E-state index contributed by atoms with van der Waals surface area (Å²) in [6.07, 6.45) is 0.986. The Labute approximate surface area is 195 Å². The minimum absolute atomic E-state index is 0.174. The maximum Gasteiger partial charge on any atom is 0.233 e. The number of amides is 1. The molecule has 0 spiro atoms. The number of benzene rings is 1. The topological polar surface area (TPSA) is 67.8 Å². The quantitative estimate of drug-likeness (QED) is 0.402. The molecule has 2 aromatic heterocycles. The van der Waals surface area contributed by atoms with Crippen molar-refractivity contribution in [2.75, 3.05) is 38.7 Å². The van der Waals surface area contributed by atoms with Crippen molar-refractivity contribution in [1.82, 2.24) is 19.8 Å². The number of aromatic nitrogens is 2. The van der Waals surface area contributed by atoms with Crippen LogP contribution in [0, 0.1) is 6.92 Å². The van der Waals surface area contributed by atoms with Gasteiger partial charge >= 0.3 is 0 Å². The largest absolute Gasteiger partial charge is 0.454 e. The maximum absolute atomic E-state index is 12.9. The first-order valence-electron chi connectivity index (χ1n) is 10.9. The lowest BCUT2D eigenvalue weighted by Crippen LogP contribution is -2.48. The Hall–Kier alpha value is -2.36. The Morgan fingerprint density at radius 3 is 2.75 bits per heavy atom. The third kappa shape index (κ3) is 4.55. The molecule has 7 nitrogen and oxygen atoms in total. The van der Waals surface area contributed by atoms with Gasteiger partial charge < -0.3 is 14.4 Å². The van der Waals surface area contributed by atoms with Crippen LogP contribution in [0.25, 0.3) is 10.2 Å². The zero-order chi connectivity index (χ0) is 22.1. The van der Waals surface area contributed by atoms with Crippen LogP contribution in [0.5, 0.6) is 11.5 Å². The number of rotatable bonds is 6. The third-order valence-corrected chi connectivity index (χ3v) is 7.92. The molecule has 0 aliphatic carbocycles. The van der Waals surface area contributed by atoms with Crippen LogP contribution in [0.3, 0.4) is 0 Å². The number of hydrogen-bond donors (Lipinski definition) is 0. The normalized spacial score (nSPS) is 16.1. The number of piperazine rings is 1. The summed E-state index contributed by atoms with van der Waals surface area (Å²) < 4.78 is 10.9. The van der Waals surface area contributed by atoms with Crippen LogP contribution in [0.4, 0.5) is 0 Å². The van der Waals surface area contributed by atoms with E-state index in [1.165, 1.54) is 22.2 Å². The molecule has 9 heteroatoms. The molecule has 0 bridgehead atoms. The van der Waals surface area contributed by atoms with Crippen LogP contribution in [0.15, 0.2) is 29.3 Å². The SMILES string of the molecule is CCc1cc2c(SCC(=O)N3CCN(Cc4ccc5c(c4)OCO5)CC3)nc(C)nc2s1. The Morgan fingerprint density at radius 1 is 1.12 bits per heavy atom. The molecule has 32 heavy (non-hydrogen) atoms. The van der Waals surface area contributed by atoms with Crippen LogP contribution in [0.1, 0.15) is 23.2 Å². The van der Waals surface area contributed by atoms with Gasteiger partial charge in [-0.2, -0.15) is 0 Å². The van der Waals surface area contributed by atoms with Crippen molar-refractivity contribution in [2.45, 2.75) is 31.8 Å². The molecule has 1 saturated heterocycles. The van der Waals surface area contributed by atoms with Gasteiger partial charge in [0.2, 0.25) is 12.7 Å². The van der Waals surface area contributed by atoms with Gasteiger partial charge in [0.15, 0.2) is 11.5 Å². The van der Waals surface area contributed by atoms with E-state index in [4.69, 9.17) is 9.47 Å². The number of ether oxygens (including phenoxy) is 2. The molecule has 1 aromatic carbocycles. The minimum Gasteiger partial charge on any atom is -0.454 e. The van der Waals surface area contributed by atoms with Crippen LogP contribution in [-0.4, -0.2) is 64.4 Å². The second kappa shape index (κ2) is 9.25. The van der Waals surface area contributed by atoms with Gasteiger partial charge in [0.1, 0.15) is 15.7 Å². The van der Waals surface area contributed by atoms with Gasteiger partial charge in [-0.3, -0.25) is 9.69 Å². The molecule has 5 rings (SSSR count). The molecule has 0 radical (unpaired) electrons. The summed E-state index contributed by atoms with van der Waals surface area (Å²) >= 11 is 3.24. The number of nitrogens with zero attached hydrogens (tertiary/aromatic N) is 4. The van der Waals surface area contributed by atoms with E-state index in [2.05, 4.69) is 40.0 Å². The standard InChI is InChI=1S/C23H26N4O3S2/c1-3-17-11-18-22(24-15(2)25-23(18)32-17)31-13-21(28)27-8-6-26(7-9-27)12-16-4-5-19-20(10-16)30-14-29-19/h4-5,10-11H,3,6-9,12-14H2,1-2H3. The number of carbonyl (C=O) groups is 1. The highest BCUT2D eigenvalue weighted by molar-refractivity contribution is 8.00. The lowest BCUT2D eigenvalue weighted by atomic mass is 10.1. The van der Waals surface area contributed by atoms with Gasteiger partial charge in [-0.25, -0.2) is 9.97 Å². The van der Waals surface area contributed by atoms with E-state index in [0.29, 0.717) is 12.5 Å². The lowest BCUT2D eigenvalue weighted by Gasteiger charge is -2.34. The van der Waals surface area contributed by atoms with E-state index in [1.807, 2.05) is 17.9 Å². The lowest BCUT2D eigenvalue weighted by molar-refractivity contribution is -0.130. The van der Waals surface area contributed by atoms with E-state index < -0.39 is 0 Å². The Kier molecular flexibility index (Phi) is 6.21. The minimum atomic E-state index is 0.174. The number of carbonyl (C=O) groups excluding carboxylic acids is 1. The van der Waals surface area contributed by atoms with E-state index in [9.17, 15) is 4.79 Å². The summed E-state index contributed by atoms with van der Waals surface area (Å²) in [4.78, 5) is 28.7. The summed E-state index contributed by atoms with van der Waals surface area (Å²) in [7, 11) is 0. The van der Waals surface area contributed by atoms with Crippen molar-refractivity contribution in [3.8, 4) is 11.5 Å². The molecule has 2 aliphatic heterocycles. The monoisotopic (exact) mass is 470 g/mol. The van der Waals surface area contributed by atoms with Crippen molar-refractivity contribution in [3.63, 3.8) is 0 Å². The van der Waals surface area contributed by atoms with Crippen LogP contribution >= 0.6 is 23.1 Å². The first-order valence-corrected chi connectivity index (χ1v) is 12.7. The summed E-state index contributed by atoms with van der Waals surface area (Å²) in [5.41, 5.74) is 1.20. The number of thiophene rings is 1. The van der Waals surface area contributed by atoms with Crippen LogP contribution in [-0.2, 0) is 17.8 Å². The van der Waals surface area contributed by atoms with Crippen molar-refractivity contribution in [2.24, 2.45) is 0 Å². The molecule has 3 aromatic rings. The third-order valence-electron chi connectivity index (χ3n) is 5.77. The molecule has 1 fully saturated rings. The van der Waals surface area contributed by atoms with Crippen molar-refractivity contribution in [3.05, 3.63) is 40.5 Å². The molecule has 0 N–H and O–H groups in total. The molecule has 168 valence electrons. The van der Waals surface area contributed by atoms with Crippen LogP contribution in [0.2, 0.25) is 0 Å². The summed E-state index contributed by atoms with van der Waals surface area (Å²) in [5, 5.41) is 1.99. The molecule has 1 amide bonds. The van der Waals surface area contributed by atoms with Gasteiger partial charge in [-0.1, -0.05) is 24.8 Å². The number of aryl methyl sites for hydroxylation is 2. The Balaban J connectivity index is 1.15. The summed E-state index contributed by atoms with van der Waals surface area (Å²) in [5.74, 6) is 2.97. The first kappa shape index (κ1) is 21.5. The van der Waals surface area contributed by atoms with E-state index >= 15 is 0 Å². The number of thioether (sulfide) groups is 1. The number of fused-ring (bicyclic) bond motifs is 2. The Bertz CT molecular complexity index is 1140. The fourth-order valence-corrected chi connectivity index (χ4v) is 6.03.